The minimum absolute atomic E-state index is 0.111. The molecule has 0 bridgehead atoms. The topological polar surface area (TPSA) is 70.4 Å². The van der Waals surface area contributed by atoms with Crippen LogP contribution in [0.4, 0.5) is 10.5 Å². The highest BCUT2D eigenvalue weighted by molar-refractivity contribution is 5.89. The molecule has 0 aromatic carbocycles. The second kappa shape index (κ2) is 6.06. The molecule has 1 aliphatic heterocycles. The molecule has 1 fully saturated rings. The number of amides is 2. The normalized spacial score (nSPS) is 19.2. The molecule has 1 aliphatic rings. The fourth-order valence-corrected chi connectivity index (χ4v) is 2.27. The molecule has 1 aromatic heterocycles. The first-order valence-corrected chi connectivity index (χ1v) is 6.77. The van der Waals surface area contributed by atoms with Crippen molar-refractivity contribution in [1.82, 2.24) is 14.7 Å². The zero-order valence-corrected chi connectivity index (χ0v) is 11.5. The number of likely N-dealkylation sites (tertiary alicyclic amines) is 1. The Balaban J connectivity index is 1.87. The van der Waals surface area contributed by atoms with Gasteiger partial charge in [0.25, 0.3) is 0 Å². The summed E-state index contributed by atoms with van der Waals surface area (Å²) in [5.74, 6) is 0.738. The molecule has 0 saturated carbocycles. The molecule has 0 aliphatic carbocycles. The van der Waals surface area contributed by atoms with Crippen molar-refractivity contribution in [2.75, 3.05) is 25.0 Å². The van der Waals surface area contributed by atoms with E-state index in [1.54, 1.807) is 11.1 Å². The smallest absolute Gasteiger partial charge is 0.321 e. The van der Waals surface area contributed by atoms with Crippen LogP contribution in [0.3, 0.4) is 0 Å². The summed E-state index contributed by atoms with van der Waals surface area (Å²) in [5.41, 5.74) is 0.720. The lowest BCUT2D eigenvalue weighted by atomic mass is 10.1. The highest BCUT2D eigenvalue weighted by atomic mass is 16.3. The minimum atomic E-state index is -0.111. The number of anilines is 1. The first-order valence-electron chi connectivity index (χ1n) is 6.77. The second-order valence-electron chi connectivity index (χ2n) is 5.56. The number of urea groups is 1. The standard InChI is InChI=1S/C13H22N4O2/c1-10(2)6-17-8-12(5-14-17)15-13(19)16-4-3-11(7-16)9-18/h5,8,10-11,18H,3-4,6-7,9H2,1-2H3,(H,15,19). The van der Waals surface area contributed by atoms with Crippen LogP contribution in [0.1, 0.15) is 20.3 Å². The van der Waals surface area contributed by atoms with Crippen molar-refractivity contribution in [2.45, 2.75) is 26.8 Å². The minimum Gasteiger partial charge on any atom is -0.396 e. The van der Waals surface area contributed by atoms with Crippen molar-refractivity contribution in [1.29, 1.82) is 0 Å². The van der Waals surface area contributed by atoms with Gasteiger partial charge in [-0.1, -0.05) is 13.8 Å². The first kappa shape index (κ1) is 13.9. The number of aromatic nitrogens is 2. The van der Waals surface area contributed by atoms with Gasteiger partial charge in [-0.05, 0) is 12.3 Å². The lowest BCUT2D eigenvalue weighted by Crippen LogP contribution is -2.33. The van der Waals surface area contributed by atoms with Crippen molar-refractivity contribution in [3.8, 4) is 0 Å². The zero-order valence-electron chi connectivity index (χ0n) is 11.5. The van der Waals surface area contributed by atoms with E-state index in [4.69, 9.17) is 5.11 Å². The predicted octanol–water partition coefficient (Wildman–Crippen LogP) is 1.39. The summed E-state index contributed by atoms with van der Waals surface area (Å²) in [4.78, 5) is 13.7. The zero-order chi connectivity index (χ0) is 13.8. The molecule has 1 saturated heterocycles. The summed E-state index contributed by atoms with van der Waals surface area (Å²) in [5, 5.41) is 16.1. The van der Waals surface area contributed by atoms with Crippen LogP contribution >= 0.6 is 0 Å². The molecule has 2 heterocycles. The Morgan fingerprint density at radius 3 is 3.05 bits per heavy atom. The van der Waals surface area contributed by atoms with Crippen LogP contribution in [0.5, 0.6) is 0 Å². The largest absolute Gasteiger partial charge is 0.396 e. The Labute approximate surface area is 113 Å². The van der Waals surface area contributed by atoms with Crippen LogP contribution in [0.2, 0.25) is 0 Å². The predicted molar refractivity (Wildman–Crippen MR) is 72.8 cm³/mol. The van der Waals surface area contributed by atoms with Crippen LogP contribution in [-0.2, 0) is 6.54 Å². The molecular weight excluding hydrogens is 244 g/mol. The molecule has 2 rings (SSSR count). The van der Waals surface area contributed by atoms with Crippen LogP contribution < -0.4 is 5.32 Å². The van der Waals surface area contributed by atoms with Gasteiger partial charge in [-0.2, -0.15) is 5.10 Å². The number of carbonyl (C=O) groups excluding carboxylic acids is 1. The number of aliphatic hydroxyl groups is 1. The van der Waals surface area contributed by atoms with Crippen LogP contribution in [0, 0.1) is 11.8 Å². The maximum Gasteiger partial charge on any atom is 0.321 e. The number of aliphatic hydroxyl groups excluding tert-OH is 1. The summed E-state index contributed by atoms with van der Waals surface area (Å²) in [7, 11) is 0. The second-order valence-corrected chi connectivity index (χ2v) is 5.56. The van der Waals surface area contributed by atoms with Gasteiger partial charge in [0.15, 0.2) is 0 Å². The number of nitrogens with zero attached hydrogens (tertiary/aromatic N) is 3. The van der Waals surface area contributed by atoms with Crippen LogP contribution in [-0.4, -0.2) is 45.5 Å². The molecule has 1 atom stereocenters. The average molecular weight is 266 g/mol. The van der Waals surface area contributed by atoms with Gasteiger partial charge in [0.1, 0.15) is 0 Å². The molecule has 2 N–H and O–H groups in total. The first-order chi connectivity index (χ1) is 9.08. The Bertz CT molecular complexity index is 430. The number of carbonyl (C=O) groups is 1. The summed E-state index contributed by atoms with van der Waals surface area (Å²) < 4.78 is 1.83. The van der Waals surface area contributed by atoms with E-state index in [2.05, 4.69) is 24.3 Å². The van der Waals surface area contributed by atoms with Crippen LogP contribution in [0.15, 0.2) is 12.4 Å². The third kappa shape index (κ3) is 3.70. The third-order valence-electron chi connectivity index (χ3n) is 3.27. The molecular formula is C13H22N4O2. The van der Waals surface area contributed by atoms with E-state index < -0.39 is 0 Å². The van der Waals surface area contributed by atoms with Crippen molar-refractivity contribution in [3.05, 3.63) is 12.4 Å². The van der Waals surface area contributed by atoms with E-state index >= 15 is 0 Å². The van der Waals surface area contributed by atoms with Gasteiger partial charge >= 0.3 is 6.03 Å². The van der Waals surface area contributed by atoms with Gasteiger partial charge in [0.2, 0.25) is 0 Å². The molecule has 19 heavy (non-hydrogen) atoms. The maximum absolute atomic E-state index is 12.0. The number of hydrogen-bond acceptors (Lipinski definition) is 3. The highest BCUT2D eigenvalue weighted by Gasteiger charge is 2.25. The average Bonchev–Trinajstić information content (AvgIpc) is 2.97. The molecule has 0 spiro atoms. The van der Waals surface area contributed by atoms with Gasteiger partial charge in [-0.3, -0.25) is 4.68 Å². The highest BCUT2D eigenvalue weighted by Crippen LogP contribution is 2.17. The van der Waals surface area contributed by atoms with Crippen molar-refractivity contribution < 1.29 is 9.90 Å². The Morgan fingerprint density at radius 1 is 1.63 bits per heavy atom. The van der Waals surface area contributed by atoms with E-state index in [1.807, 2.05) is 10.9 Å². The van der Waals surface area contributed by atoms with E-state index in [-0.39, 0.29) is 18.6 Å². The van der Waals surface area contributed by atoms with E-state index in [1.165, 1.54) is 0 Å². The van der Waals surface area contributed by atoms with Gasteiger partial charge < -0.3 is 15.3 Å². The molecule has 1 aromatic rings. The van der Waals surface area contributed by atoms with E-state index in [9.17, 15) is 4.79 Å². The van der Waals surface area contributed by atoms with Gasteiger partial charge in [-0.25, -0.2) is 4.79 Å². The third-order valence-corrected chi connectivity index (χ3v) is 3.27. The van der Waals surface area contributed by atoms with E-state index in [0.717, 1.165) is 18.7 Å². The number of rotatable bonds is 4. The fraction of sp³-hybridized carbons (Fsp3) is 0.692. The Kier molecular flexibility index (Phi) is 4.42. The summed E-state index contributed by atoms with van der Waals surface area (Å²) in [6.45, 7) is 6.57. The monoisotopic (exact) mass is 266 g/mol. The molecule has 2 amide bonds. The molecule has 6 nitrogen and oxygen atoms in total. The lowest BCUT2D eigenvalue weighted by Gasteiger charge is -2.16. The van der Waals surface area contributed by atoms with Crippen molar-refractivity contribution in [2.24, 2.45) is 11.8 Å². The SMILES string of the molecule is CC(C)Cn1cc(NC(=O)N2CCC(CO)C2)cn1. The van der Waals surface area contributed by atoms with Crippen molar-refractivity contribution >= 4 is 11.7 Å². The fourth-order valence-electron chi connectivity index (χ4n) is 2.27. The summed E-state index contributed by atoms with van der Waals surface area (Å²) in [6.07, 6.45) is 4.38. The van der Waals surface area contributed by atoms with Gasteiger partial charge in [0, 0.05) is 38.4 Å². The van der Waals surface area contributed by atoms with Crippen molar-refractivity contribution in [3.63, 3.8) is 0 Å². The van der Waals surface area contributed by atoms with Crippen LogP contribution in [0.25, 0.3) is 0 Å². The lowest BCUT2D eigenvalue weighted by molar-refractivity contribution is 0.209. The van der Waals surface area contributed by atoms with Gasteiger partial charge in [0.05, 0.1) is 11.9 Å². The molecule has 0 radical (unpaired) electrons. The molecule has 6 heteroatoms. The number of nitrogens with one attached hydrogen (secondary N) is 1. The maximum atomic E-state index is 12.0. The molecule has 1 unspecified atom stereocenters. The summed E-state index contributed by atoms with van der Waals surface area (Å²) in [6, 6.07) is -0.111. The molecule has 106 valence electrons. The van der Waals surface area contributed by atoms with Gasteiger partial charge in [-0.15, -0.1) is 0 Å². The number of hydrogen-bond donors (Lipinski definition) is 2. The Morgan fingerprint density at radius 2 is 2.42 bits per heavy atom. The summed E-state index contributed by atoms with van der Waals surface area (Å²) >= 11 is 0. The van der Waals surface area contributed by atoms with E-state index in [0.29, 0.717) is 19.0 Å². The Hall–Kier alpha value is -1.56. The quantitative estimate of drug-likeness (QED) is 0.865.